The van der Waals surface area contributed by atoms with E-state index < -0.39 is 25.1 Å². The summed E-state index contributed by atoms with van der Waals surface area (Å²) in [6.45, 7) is -0.892. The van der Waals surface area contributed by atoms with Crippen LogP contribution in [0.25, 0.3) is 0 Å². The number of benzene rings is 1. The molecule has 1 aromatic carbocycles. The van der Waals surface area contributed by atoms with Crippen molar-refractivity contribution in [3.63, 3.8) is 0 Å². The van der Waals surface area contributed by atoms with Crippen molar-refractivity contribution in [2.75, 3.05) is 18.2 Å². The average molecular weight is 310 g/mol. The molecule has 8 heteroatoms. The molecule has 0 bridgehead atoms. The molecule has 0 saturated heterocycles. The van der Waals surface area contributed by atoms with Crippen molar-refractivity contribution in [3.8, 4) is 0 Å². The number of amides is 1. The molecule has 0 aromatic heterocycles. The quantitative estimate of drug-likeness (QED) is 0.415. The molecule has 22 heavy (non-hydrogen) atoms. The lowest BCUT2D eigenvalue weighted by Crippen LogP contribution is -2.29. The molecule has 1 amide bonds. The number of hydrogen-bond acceptors (Lipinski definition) is 5. The average Bonchev–Trinajstić information content (AvgIpc) is 2.50. The lowest BCUT2D eigenvalue weighted by atomic mass is 10.2. The molecule has 0 spiro atoms. The maximum atomic E-state index is 12.0. The highest BCUT2D eigenvalue weighted by atomic mass is 19.1. The van der Waals surface area contributed by atoms with Gasteiger partial charge in [0.25, 0.3) is 5.91 Å². The number of carbonyl (C=O) groups excluding carboxylic acids is 1. The molecule has 1 rings (SSSR count). The zero-order valence-corrected chi connectivity index (χ0v) is 12.0. The van der Waals surface area contributed by atoms with Crippen LogP contribution in [0, 0.1) is 0 Å². The highest BCUT2D eigenvalue weighted by Gasteiger charge is 2.08. The topological polar surface area (TPSA) is 122 Å². The number of nitrogens with one attached hydrogen (secondary N) is 1. The fourth-order valence-electron chi connectivity index (χ4n) is 1.63. The van der Waals surface area contributed by atoms with Gasteiger partial charge in [-0.1, -0.05) is 0 Å². The Balaban J connectivity index is 2.67. The number of allylic oxidation sites excluding steroid dienone is 1. The first-order valence-corrected chi connectivity index (χ1v) is 6.60. The fourth-order valence-corrected chi connectivity index (χ4v) is 1.63. The van der Waals surface area contributed by atoms with Gasteiger partial charge >= 0.3 is 5.97 Å². The second-order valence-corrected chi connectivity index (χ2v) is 4.53. The maximum absolute atomic E-state index is 12.0. The number of aliphatic carboxylic acids is 1. The van der Waals surface area contributed by atoms with E-state index in [0.29, 0.717) is 29.8 Å². The van der Waals surface area contributed by atoms with Gasteiger partial charge in [0.1, 0.15) is 6.54 Å². The van der Waals surface area contributed by atoms with Crippen molar-refractivity contribution >= 4 is 17.6 Å². The maximum Gasteiger partial charge on any atom is 0.322 e. The molecule has 0 unspecified atom stereocenters. The monoisotopic (exact) mass is 310 g/mol. The van der Waals surface area contributed by atoms with Crippen LogP contribution in [0.3, 0.4) is 0 Å². The summed E-state index contributed by atoms with van der Waals surface area (Å²) in [5.74, 6) is 4.19. The Bertz CT molecular complexity index is 546. The summed E-state index contributed by atoms with van der Waals surface area (Å²) in [5.41, 5.74) is 7.04. The zero-order valence-electron chi connectivity index (χ0n) is 12.0. The van der Waals surface area contributed by atoms with Crippen molar-refractivity contribution in [1.82, 2.24) is 5.32 Å². The van der Waals surface area contributed by atoms with Gasteiger partial charge in [-0.25, -0.2) is 5.84 Å². The third kappa shape index (κ3) is 5.80. The number of nitrogens with two attached hydrogens (primary N) is 2. The summed E-state index contributed by atoms with van der Waals surface area (Å²) in [6, 6.07) is 6.21. The van der Waals surface area contributed by atoms with Crippen molar-refractivity contribution in [2.45, 2.75) is 12.8 Å². The Kier molecular flexibility index (Phi) is 6.84. The Morgan fingerprint density at radius 2 is 1.95 bits per heavy atom. The molecule has 6 N–H and O–H groups in total. The summed E-state index contributed by atoms with van der Waals surface area (Å²) in [4.78, 5) is 22.0. The first-order chi connectivity index (χ1) is 10.4. The van der Waals surface area contributed by atoms with Gasteiger partial charge in [-0.2, -0.15) is 0 Å². The number of alkyl halides is 1. The van der Waals surface area contributed by atoms with Crippen LogP contribution in [-0.4, -0.2) is 30.2 Å². The van der Waals surface area contributed by atoms with Gasteiger partial charge in [-0.05, 0) is 37.1 Å². The number of hydrazine groups is 1. The molecule has 0 aliphatic rings. The van der Waals surface area contributed by atoms with Crippen molar-refractivity contribution < 1.29 is 19.1 Å². The van der Waals surface area contributed by atoms with E-state index in [4.69, 9.17) is 16.7 Å². The number of hydrogen-bond donors (Lipinski definition) is 4. The van der Waals surface area contributed by atoms with E-state index in [1.54, 1.807) is 12.1 Å². The molecule has 1 aromatic rings. The van der Waals surface area contributed by atoms with Gasteiger partial charge in [0.2, 0.25) is 0 Å². The summed E-state index contributed by atoms with van der Waals surface area (Å²) in [5, 5.41) is 12.0. The van der Waals surface area contributed by atoms with Gasteiger partial charge in [0.15, 0.2) is 0 Å². The summed E-state index contributed by atoms with van der Waals surface area (Å²) in [7, 11) is 0. The molecule has 0 saturated carbocycles. The van der Waals surface area contributed by atoms with E-state index in [9.17, 15) is 14.0 Å². The van der Waals surface area contributed by atoms with E-state index >= 15 is 0 Å². The minimum absolute atomic E-state index is 0.313. The molecule has 0 atom stereocenters. The lowest BCUT2D eigenvalue weighted by molar-refractivity contribution is -0.135. The van der Waals surface area contributed by atoms with Crippen LogP contribution >= 0.6 is 0 Å². The van der Waals surface area contributed by atoms with Gasteiger partial charge < -0.3 is 16.2 Å². The molecular weight excluding hydrogens is 291 g/mol. The van der Waals surface area contributed by atoms with Crippen molar-refractivity contribution in [2.24, 2.45) is 11.6 Å². The number of carboxylic acids is 1. The highest BCUT2D eigenvalue weighted by molar-refractivity contribution is 5.96. The third-order valence-electron chi connectivity index (χ3n) is 2.73. The van der Waals surface area contributed by atoms with Crippen LogP contribution < -0.4 is 21.9 Å². The van der Waals surface area contributed by atoms with Crippen LogP contribution in [-0.2, 0) is 4.79 Å². The van der Waals surface area contributed by atoms with Gasteiger partial charge in [-0.15, -0.1) is 0 Å². The zero-order chi connectivity index (χ0) is 16.5. The second-order valence-electron chi connectivity index (χ2n) is 4.53. The Morgan fingerprint density at radius 3 is 2.50 bits per heavy atom. The number of rotatable bonds is 8. The van der Waals surface area contributed by atoms with Crippen LogP contribution in [0.2, 0.25) is 0 Å². The first-order valence-electron chi connectivity index (χ1n) is 6.60. The van der Waals surface area contributed by atoms with Gasteiger partial charge in [-0.3, -0.25) is 19.0 Å². The third-order valence-corrected chi connectivity index (χ3v) is 2.73. The van der Waals surface area contributed by atoms with E-state index in [1.165, 1.54) is 23.3 Å². The summed E-state index contributed by atoms with van der Waals surface area (Å²) in [6.07, 6.45) is 2.22. The Morgan fingerprint density at radius 1 is 1.32 bits per heavy atom. The molecule has 0 heterocycles. The predicted molar refractivity (Wildman–Crippen MR) is 80.6 cm³/mol. The normalized spacial score (nSPS) is 11.1. The van der Waals surface area contributed by atoms with Gasteiger partial charge in [0, 0.05) is 17.5 Å². The van der Waals surface area contributed by atoms with Crippen LogP contribution in [0.15, 0.2) is 36.2 Å². The van der Waals surface area contributed by atoms with E-state index in [0.717, 1.165) is 0 Å². The van der Waals surface area contributed by atoms with Crippen molar-refractivity contribution in [1.29, 1.82) is 0 Å². The second kappa shape index (κ2) is 8.63. The Hall–Kier alpha value is -2.61. The van der Waals surface area contributed by atoms with Crippen LogP contribution in [0.5, 0.6) is 0 Å². The molecule has 0 radical (unpaired) electrons. The number of nitrogens with zero attached hydrogens (tertiary/aromatic N) is 1. The minimum Gasteiger partial charge on any atom is -0.480 e. The van der Waals surface area contributed by atoms with Crippen LogP contribution in [0.4, 0.5) is 10.1 Å². The summed E-state index contributed by atoms with van der Waals surface area (Å²) < 4.78 is 12.0. The smallest absolute Gasteiger partial charge is 0.322 e. The van der Waals surface area contributed by atoms with Gasteiger partial charge in [0.05, 0.1) is 12.4 Å². The largest absolute Gasteiger partial charge is 0.480 e. The predicted octanol–water partition coefficient (Wildman–Crippen LogP) is 0.731. The summed E-state index contributed by atoms with van der Waals surface area (Å²) >= 11 is 0. The number of anilines is 1. The Labute approximate surface area is 127 Å². The SMILES string of the molecule is N/C(=C\N(N)c1ccc(C(=O)NCC(=O)O)cc1)CCCF. The molecule has 0 fully saturated rings. The minimum atomic E-state index is -1.12. The number of carbonyl (C=O) groups is 2. The molecule has 0 aliphatic heterocycles. The lowest BCUT2D eigenvalue weighted by Gasteiger charge is -2.15. The standard InChI is InChI=1S/C14H19FN4O3/c15-7-1-2-11(16)9-19(17)12-5-3-10(4-6-12)14(22)18-8-13(20)21/h3-6,9H,1-2,7-8,16-17H2,(H,18,22)(H,20,21)/b11-9-. The molecule has 7 nitrogen and oxygen atoms in total. The van der Waals surface area contributed by atoms with Crippen molar-refractivity contribution in [3.05, 3.63) is 41.7 Å². The number of carboxylic acid groups (broad SMARTS) is 1. The molecular formula is C14H19FN4O3. The fraction of sp³-hybridized carbons (Fsp3) is 0.286. The van der Waals surface area contributed by atoms with Crippen LogP contribution in [0.1, 0.15) is 23.2 Å². The molecule has 120 valence electrons. The molecule has 0 aliphatic carbocycles. The first kappa shape index (κ1) is 17.4. The van der Waals surface area contributed by atoms with E-state index in [2.05, 4.69) is 5.32 Å². The van der Waals surface area contributed by atoms with E-state index in [1.807, 2.05) is 0 Å². The van der Waals surface area contributed by atoms with E-state index in [-0.39, 0.29) is 0 Å². The highest BCUT2D eigenvalue weighted by Crippen LogP contribution is 2.14. The number of halogens is 1.